The van der Waals surface area contributed by atoms with E-state index in [1.165, 1.54) is 0 Å². The van der Waals surface area contributed by atoms with Crippen molar-refractivity contribution < 1.29 is 27.2 Å². The van der Waals surface area contributed by atoms with Crippen molar-refractivity contribution in [2.75, 3.05) is 5.32 Å². The molecule has 12 heteroatoms. The highest BCUT2D eigenvalue weighted by Gasteiger charge is 2.51. The van der Waals surface area contributed by atoms with Crippen molar-refractivity contribution in [3.63, 3.8) is 0 Å². The number of nitrogens with two attached hydrogens (primary N) is 1. The van der Waals surface area contributed by atoms with Gasteiger partial charge in [-0.25, -0.2) is 9.37 Å². The van der Waals surface area contributed by atoms with Crippen molar-refractivity contribution in [3.8, 4) is 5.82 Å². The zero-order chi connectivity index (χ0) is 19.3. The van der Waals surface area contributed by atoms with Gasteiger partial charge in [0.2, 0.25) is 0 Å². The third-order valence-electron chi connectivity index (χ3n) is 3.71. The van der Waals surface area contributed by atoms with E-state index in [0.29, 0.717) is 12.3 Å². The normalized spacial score (nSPS) is 15.6. The molecule has 0 saturated heterocycles. The predicted octanol–water partition coefficient (Wildman–Crippen LogP) is 2.48. The monoisotopic (exact) mass is 391 g/mol. The molecule has 0 bridgehead atoms. The molecule has 138 valence electrons. The maximum atomic E-state index is 13.9. The van der Waals surface area contributed by atoms with Crippen LogP contribution < -0.4 is 11.1 Å². The predicted molar refractivity (Wildman–Crippen MR) is 81.6 cm³/mol. The molecule has 3 N–H and O–H groups in total. The highest BCUT2D eigenvalue weighted by Crippen LogP contribution is 2.41. The lowest BCUT2D eigenvalue weighted by atomic mass is 10.2. The molecule has 1 aliphatic carbocycles. The van der Waals surface area contributed by atoms with E-state index in [2.05, 4.69) is 15.4 Å². The van der Waals surface area contributed by atoms with Gasteiger partial charge in [-0.05, 0) is 18.9 Å². The number of rotatable bonds is 4. The molecule has 0 spiro atoms. The van der Waals surface area contributed by atoms with Gasteiger partial charge in [0.25, 0.3) is 11.8 Å². The third kappa shape index (κ3) is 3.21. The Hall–Kier alpha value is -2.69. The number of amides is 2. The lowest BCUT2D eigenvalue weighted by Gasteiger charge is -2.13. The maximum Gasteiger partial charge on any atom is 0.417 e. The van der Waals surface area contributed by atoms with Crippen LogP contribution in [0.25, 0.3) is 5.82 Å². The summed E-state index contributed by atoms with van der Waals surface area (Å²) in [5.74, 6) is -2.64. The van der Waals surface area contributed by atoms with E-state index in [1.54, 1.807) is 0 Å². The number of pyridine rings is 1. The van der Waals surface area contributed by atoms with E-state index in [4.69, 9.17) is 17.3 Å². The van der Waals surface area contributed by atoms with Crippen LogP contribution in [0.3, 0.4) is 0 Å². The van der Waals surface area contributed by atoms with Crippen molar-refractivity contribution in [3.05, 3.63) is 34.6 Å². The van der Waals surface area contributed by atoms with Crippen LogP contribution in [0.4, 0.5) is 23.4 Å². The minimum atomic E-state index is -4.67. The number of alkyl halides is 4. The lowest BCUT2D eigenvalue weighted by molar-refractivity contribution is -0.137. The molecule has 0 atom stereocenters. The van der Waals surface area contributed by atoms with E-state index in [-0.39, 0.29) is 30.0 Å². The van der Waals surface area contributed by atoms with Crippen LogP contribution >= 0.6 is 11.6 Å². The van der Waals surface area contributed by atoms with Crippen LogP contribution in [0.15, 0.2) is 18.5 Å². The molecule has 0 radical (unpaired) electrons. The molecule has 0 aromatic carbocycles. The average molecular weight is 392 g/mol. The fourth-order valence-corrected chi connectivity index (χ4v) is 2.35. The van der Waals surface area contributed by atoms with Gasteiger partial charge in [-0.15, -0.1) is 0 Å². The summed E-state index contributed by atoms with van der Waals surface area (Å²) in [5.41, 5.74) is 1.74. The number of carbonyl (C=O) groups excluding carboxylic acids is 2. The summed E-state index contributed by atoms with van der Waals surface area (Å²) in [6.07, 6.45) is -3.17. The van der Waals surface area contributed by atoms with E-state index in [0.717, 1.165) is 10.9 Å². The van der Waals surface area contributed by atoms with Crippen LogP contribution in [0.5, 0.6) is 0 Å². The third-order valence-corrected chi connectivity index (χ3v) is 3.99. The first kappa shape index (κ1) is 18.1. The molecule has 7 nitrogen and oxygen atoms in total. The molecule has 1 saturated carbocycles. The number of anilines is 1. The van der Waals surface area contributed by atoms with Crippen LogP contribution in [0, 0.1) is 0 Å². The zero-order valence-electron chi connectivity index (χ0n) is 12.8. The first-order valence-corrected chi connectivity index (χ1v) is 7.52. The molecular formula is C14H10ClF4N5O2. The maximum absolute atomic E-state index is 13.9. The summed E-state index contributed by atoms with van der Waals surface area (Å²) in [6.45, 7) is 0. The second kappa shape index (κ2) is 5.94. The Bertz CT molecular complexity index is 907. The number of nitrogens with one attached hydrogen (secondary N) is 1. The molecular weight excluding hydrogens is 382 g/mol. The molecule has 1 aliphatic rings. The van der Waals surface area contributed by atoms with Crippen molar-refractivity contribution in [2.24, 2.45) is 5.73 Å². The molecule has 2 amide bonds. The van der Waals surface area contributed by atoms with Crippen LogP contribution in [0.1, 0.15) is 28.8 Å². The average Bonchev–Trinajstić information content (AvgIpc) is 3.15. The lowest BCUT2D eigenvalue weighted by Crippen LogP contribution is -2.28. The fourth-order valence-electron chi connectivity index (χ4n) is 2.11. The van der Waals surface area contributed by atoms with Gasteiger partial charge in [-0.3, -0.25) is 9.59 Å². The van der Waals surface area contributed by atoms with Crippen LogP contribution in [-0.4, -0.2) is 32.2 Å². The molecule has 0 aliphatic heterocycles. The van der Waals surface area contributed by atoms with Gasteiger partial charge in [-0.2, -0.15) is 23.0 Å². The number of primary amides is 1. The van der Waals surface area contributed by atoms with Crippen molar-refractivity contribution in [2.45, 2.75) is 24.7 Å². The smallest absolute Gasteiger partial charge is 0.365 e. The van der Waals surface area contributed by atoms with E-state index in [9.17, 15) is 27.2 Å². The Morgan fingerprint density at radius 2 is 1.96 bits per heavy atom. The highest BCUT2D eigenvalue weighted by atomic mass is 35.5. The van der Waals surface area contributed by atoms with Crippen molar-refractivity contribution in [1.82, 2.24) is 14.8 Å². The van der Waals surface area contributed by atoms with E-state index >= 15 is 0 Å². The molecule has 2 heterocycles. The Kier molecular flexibility index (Phi) is 4.14. The van der Waals surface area contributed by atoms with Gasteiger partial charge in [0.1, 0.15) is 5.56 Å². The van der Waals surface area contributed by atoms with Crippen molar-refractivity contribution >= 4 is 29.2 Å². The zero-order valence-corrected chi connectivity index (χ0v) is 13.5. The number of halogens is 5. The summed E-state index contributed by atoms with van der Waals surface area (Å²) in [5, 5.41) is 5.50. The van der Waals surface area contributed by atoms with Gasteiger partial charge < -0.3 is 11.1 Å². The summed E-state index contributed by atoms with van der Waals surface area (Å²) in [7, 11) is 0. The van der Waals surface area contributed by atoms with E-state index in [1.807, 2.05) is 0 Å². The standard InChI is InChI=1S/C14H10ClF4N5O2/c15-8-3-6(14(17,18)19)4-21-11(8)24-10(7(5-22-24)9(20)25)23-12(26)13(16)1-2-13/h3-5H,1-2H2,(H2,20,25)(H,23,26). The first-order valence-electron chi connectivity index (χ1n) is 7.14. The number of carbonyl (C=O) groups is 2. The molecule has 2 aromatic rings. The topological polar surface area (TPSA) is 103 Å². The molecule has 3 rings (SSSR count). The molecule has 26 heavy (non-hydrogen) atoms. The minimum absolute atomic E-state index is 0.0121. The molecule has 2 aromatic heterocycles. The Balaban J connectivity index is 2.05. The van der Waals surface area contributed by atoms with Gasteiger partial charge in [0, 0.05) is 6.20 Å². The van der Waals surface area contributed by atoms with Gasteiger partial charge >= 0.3 is 6.18 Å². The largest absolute Gasteiger partial charge is 0.417 e. The highest BCUT2D eigenvalue weighted by molar-refractivity contribution is 6.32. The number of nitrogens with zero attached hydrogens (tertiary/aromatic N) is 3. The Morgan fingerprint density at radius 1 is 1.31 bits per heavy atom. The van der Waals surface area contributed by atoms with E-state index < -0.39 is 34.2 Å². The molecule has 0 unspecified atom stereocenters. The number of aromatic nitrogens is 3. The fraction of sp³-hybridized carbons (Fsp3) is 0.286. The van der Waals surface area contributed by atoms with Crippen molar-refractivity contribution in [1.29, 1.82) is 0 Å². The Labute approximate surface area is 148 Å². The van der Waals surface area contributed by atoms with Gasteiger partial charge in [-0.1, -0.05) is 11.6 Å². The SMILES string of the molecule is NC(=O)c1cnn(-c2ncc(C(F)(F)F)cc2Cl)c1NC(=O)C1(F)CC1. The summed E-state index contributed by atoms with van der Waals surface area (Å²) in [4.78, 5) is 27.0. The number of hydrogen-bond acceptors (Lipinski definition) is 4. The minimum Gasteiger partial charge on any atom is -0.365 e. The summed E-state index contributed by atoms with van der Waals surface area (Å²) >= 11 is 5.84. The Morgan fingerprint density at radius 3 is 2.46 bits per heavy atom. The van der Waals surface area contributed by atoms with Crippen LogP contribution in [-0.2, 0) is 11.0 Å². The van der Waals surface area contributed by atoms with Gasteiger partial charge in [0.15, 0.2) is 17.3 Å². The summed E-state index contributed by atoms with van der Waals surface area (Å²) < 4.78 is 52.9. The first-order chi connectivity index (χ1) is 12.0. The quantitative estimate of drug-likeness (QED) is 0.781. The second-order valence-corrected chi connectivity index (χ2v) is 6.04. The summed E-state index contributed by atoms with van der Waals surface area (Å²) in [6, 6.07) is 0.610. The van der Waals surface area contributed by atoms with Gasteiger partial charge in [0.05, 0.1) is 16.8 Å². The second-order valence-electron chi connectivity index (χ2n) is 5.63. The van der Waals surface area contributed by atoms with Crippen LogP contribution in [0.2, 0.25) is 5.02 Å². The number of hydrogen-bond donors (Lipinski definition) is 2. The molecule has 1 fully saturated rings.